The first kappa shape index (κ1) is 13.7. The molecule has 2 heterocycles. The average Bonchev–Trinajstić information content (AvgIpc) is 3.07. The molecular formula is C15H18N2O4. The maximum Gasteiger partial charge on any atom is 0.242 e. The van der Waals surface area contributed by atoms with Crippen LogP contribution in [0.3, 0.4) is 0 Å². The highest BCUT2D eigenvalue weighted by Crippen LogP contribution is 2.32. The summed E-state index contributed by atoms with van der Waals surface area (Å²) in [4.78, 5) is 27.0. The van der Waals surface area contributed by atoms with Crippen LogP contribution in [-0.4, -0.2) is 48.5 Å². The lowest BCUT2D eigenvalue weighted by Crippen LogP contribution is -2.38. The summed E-state index contributed by atoms with van der Waals surface area (Å²) in [5.41, 5.74) is 0.975. The van der Waals surface area contributed by atoms with Gasteiger partial charge in [0.1, 0.15) is 0 Å². The Morgan fingerprint density at radius 2 is 2.14 bits per heavy atom. The van der Waals surface area contributed by atoms with Crippen molar-refractivity contribution in [3.63, 3.8) is 0 Å². The zero-order valence-corrected chi connectivity index (χ0v) is 12.0. The number of likely N-dealkylation sites (tertiary alicyclic amines) is 1. The van der Waals surface area contributed by atoms with Crippen molar-refractivity contribution in [2.24, 2.45) is 0 Å². The molecule has 0 aromatic heterocycles. The summed E-state index contributed by atoms with van der Waals surface area (Å²) in [6.07, 6.45) is 1.40. The van der Waals surface area contributed by atoms with E-state index in [4.69, 9.17) is 9.47 Å². The summed E-state index contributed by atoms with van der Waals surface area (Å²) in [5.74, 6) is 1.46. The van der Waals surface area contributed by atoms with Gasteiger partial charge in [0.2, 0.25) is 18.6 Å². The quantitative estimate of drug-likeness (QED) is 0.830. The minimum absolute atomic E-state index is 0.0529. The molecule has 3 rings (SSSR count). The fourth-order valence-electron chi connectivity index (χ4n) is 2.56. The van der Waals surface area contributed by atoms with Gasteiger partial charge in [0.25, 0.3) is 0 Å². The zero-order chi connectivity index (χ0) is 14.8. The molecule has 1 saturated heterocycles. The van der Waals surface area contributed by atoms with Crippen LogP contribution < -0.4 is 9.47 Å². The lowest BCUT2D eigenvalue weighted by Gasteiger charge is -2.21. The highest BCUT2D eigenvalue weighted by Gasteiger charge is 2.24. The monoisotopic (exact) mass is 290 g/mol. The van der Waals surface area contributed by atoms with Crippen LogP contribution in [0.15, 0.2) is 18.2 Å². The van der Waals surface area contributed by atoms with E-state index in [-0.39, 0.29) is 25.2 Å². The van der Waals surface area contributed by atoms with E-state index in [1.807, 2.05) is 18.2 Å². The number of carbonyl (C=O) groups excluding carboxylic acids is 2. The Bertz CT molecular complexity index is 573. The van der Waals surface area contributed by atoms with Gasteiger partial charge in [-0.3, -0.25) is 9.59 Å². The summed E-state index contributed by atoms with van der Waals surface area (Å²) in [5, 5.41) is 0. The van der Waals surface area contributed by atoms with E-state index < -0.39 is 0 Å². The first-order valence-corrected chi connectivity index (χ1v) is 7.04. The fraction of sp³-hybridized carbons (Fsp3) is 0.467. The van der Waals surface area contributed by atoms with Gasteiger partial charge in [0.05, 0.1) is 6.54 Å². The van der Waals surface area contributed by atoms with Crippen molar-refractivity contribution < 1.29 is 19.1 Å². The number of nitrogens with zero attached hydrogens (tertiary/aromatic N) is 2. The number of fused-ring (bicyclic) bond motifs is 1. The number of likely N-dealkylation sites (N-methyl/N-ethyl adjacent to an activating group) is 1. The highest BCUT2D eigenvalue weighted by atomic mass is 16.7. The molecule has 0 saturated carbocycles. The second-order valence-corrected chi connectivity index (χ2v) is 5.36. The molecule has 0 N–H and O–H groups in total. The second-order valence-electron chi connectivity index (χ2n) is 5.36. The van der Waals surface area contributed by atoms with Gasteiger partial charge in [-0.25, -0.2) is 0 Å². The molecule has 112 valence electrons. The van der Waals surface area contributed by atoms with Crippen molar-refractivity contribution in [3.05, 3.63) is 23.8 Å². The normalized spacial score (nSPS) is 16.4. The first-order valence-electron chi connectivity index (χ1n) is 7.04. The molecule has 0 spiro atoms. The van der Waals surface area contributed by atoms with Crippen molar-refractivity contribution in [1.82, 2.24) is 9.80 Å². The van der Waals surface area contributed by atoms with Gasteiger partial charge in [0, 0.05) is 26.6 Å². The van der Waals surface area contributed by atoms with Crippen LogP contribution in [0.4, 0.5) is 0 Å². The Balaban J connectivity index is 1.59. The minimum Gasteiger partial charge on any atom is -0.454 e. The molecule has 21 heavy (non-hydrogen) atoms. The predicted molar refractivity (Wildman–Crippen MR) is 74.9 cm³/mol. The van der Waals surface area contributed by atoms with Gasteiger partial charge in [0.15, 0.2) is 11.5 Å². The maximum absolute atomic E-state index is 12.2. The Kier molecular flexibility index (Phi) is 3.68. The Hall–Kier alpha value is -2.24. The molecule has 2 amide bonds. The van der Waals surface area contributed by atoms with E-state index in [1.54, 1.807) is 16.8 Å². The zero-order valence-electron chi connectivity index (χ0n) is 12.0. The van der Waals surface area contributed by atoms with Crippen LogP contribution in [0.5, 0.6) is 11.5 Å². The van der Waals surface area contributed by atoms with Crippen LogP contribution >= 0.6 is 0 Å². The summed E-state index contributed by atoms with van der Waals surface area (Å²) in [6.45, 7) is 1.57. The van der Waals surface area contributed by atoms with E-state index in [0.717, 1.165) is 17.7 Å². The van der Waals surface area contributed by atoms with Crippen molar-refractivity contribution >= 4 is 11.8 Å². The lowest BCUT2D eigenvalue weighted by molar-refractivity contribution is -0.137. The van der Waals surface area contributed by atoms with E-state index in [9.17, 15) is 9.59 Å². The van der Waals surface area contributed by atoms with E-state index in [0.29, 0.717) is 25.3 Å². The smallest absolute Gasteiger partial charge is 0.242 e. The van der Waals surface area contributed by atoms with Crippen molar-refractivity contribution in [2.75, 3.05) is 26.9 Å². The highest BCUT2D eigenvalue weighted by molar-refractivity contribution is 5.85. The molecule has 1 aromatic carbocycles. The third-order valence-electron chi connectivity index (χ3n) is 3.78. The number of hydrogen-bond acceptors (Lipinski definition) is 4. The summed E-state index contributed by atoms with van der Waals surface area (Å²) in [7, 11) is 1.74. The van der Waals surface area contributed by atoms with Gasteiger partial charge in [-0.15, -0.1) is 0 Å². The molecule has 2 aliphatic rings. The molecule has 0 aliphatic carbocycles. The maximum atomic E-state index is 12.2. The first-order chi connectivity index (χ1) is 10.1. The number of ether oxygens (including phenoxy) is 2. The van der Waals surface area contributed by atoms with E-state index in [2.05, 4.69) is 0 Å². The average molecular weight is 290 g/mol. The van der Waals surface area contributed by atoms with Crippen LogP contribution in [0, 0.1) is 0 Å². The topological polar surface area (TPSA) is 59.1 Å². The third-order valence-corrected chi connectivity index (χ3v) is 3.78. The number of rotatable bonds is 4. The van der Waals surface area contributed by atoms with Crippen LogP contribution in [-0.2, 0) is 16.1 Å². The van der Waals surface area contributed by atoms with Gasteiger partial charge in [-0.1, -0.05) is 6.07 Å². The van der Waals surface area contributed by atoms with Crippen LogP contribution in [0.25, 0.3) is 0 Å². The number of amides is 2. The summed E-state index contributed by atoms with van der Waals surface area (Å²) < 4.78 is 10.6. The molecule has 1 aromatic rings. The lowest BCUT2D eigenvalue weighted by atomic mass is 10.2. The van der Waals surface area contributed by atoms with E-state index in [1.165, 1.54) is 0 Å². The van der Waals surface area contributed by atoms with Crippen LogP contribution in [0.1, 0.15) is 18.4 Å². The fourth-order valence-corrected chi connectivity index (χ4v) is 2.56. The Morgan fingerprint density at radius 1 is 1.33 bits per heavy atom. The Labute approximate surface area is 123 Å². The number of benzene rings is 1. The third kappa shape index (κ3) is 2.94. The summed E-state index contributed by atoms with van der Waals surface area (Å²) in [6, 6.07) is 5.64. The molecule has 6 nitrogen and oxygen atoms in total. The Morgan fingerprint density at radius 3 is 2.90 bits per heavy atom. The van der Waals surface area contributed by atoms with E-state index >= 15 is 0 Å². The van der Waals surface area contributed by atoms with Crippen molar-refractivity contribution in [2.45, 2.75) is 19.4 Å². The van der Waals surface area contributed by atoms with Gasteiger partial charge < -0.3 is 19.3 Å². The largest absolute Gasteiger partial charge is 0.454 e. The number of carbonyl (C=O) groups is 2. The molecule has 0 unspecified atom stereocenters. The molecular weight excluding hydrogens is 272 g/mol. The molecule has 1 fully saturated rings. The second kappa shape index (κ2) is 5.63. The van der Waals surface area contributed by atoms with Crippen LogP contribution in [0.2, 0.25) is 0 Å². The number of hydrogen-bond donors (Lipinski definition) is 0. The minimum atomic E-state index is -0.0529. The summed E-state index contributed by atoms with van der Waals surface area (Å²) >= 11 is 0. The van der Waals surface area contributed by atoms with Crippen molar-refractivity contribution in [1.29, 1.82) is 0 Å². The van der Waals surface area contributed by atoms with Crippen molar-refractivity contribution in [3.8, 4) is 11.5 Å². The standard InChI is InChI=1S/C15H18N2O4/c1-16(15(19)9-17-6-2-3-14(17)18)8-11-4-5-12-13(7-11)21-10-20-12/h4-5,7H,2-3,6,8-10H2,1H3. The molecule has 6 heteroatoms. The molecule has 0 bridgehead atoms. The molecule has 0 radical (unpaired) electrons. The molecule has 0 atom stereocenters. The van der Waals surface area contributed by atoms with Gasteiger partial charge in [-0.05, 0) is 24.1 Å². The molecule has 2 aliphatic heterocycles. The van der Waals surface area contributed by atoms with Gasteiger partial charge >= 0.3 is 0 Å². The van der Waals surface area contributed by atoms with Gasteiger partial charge in [-0.2, -0.15) is 0 Å². The SMILES string of the molecule is CN(Cc1ccc2c(c1)OCO2)C(=O)CN1CCCC1=O. The predicted octanol–water partition coefficient (Wildman–Crippen LogP) is 0.996.